The molecule has 0 radical (unpaired) electrons. The van der Waals surface area contributed by atoms with E-state index in [1.54, 1.807) is 38.5 Å². The van der Waals surface area contributed by atoms with Crippen LogP contribution in [0.5, 0.6) is 11.5 Å². The molecule has 2 N–H and O–H groups in total. The summed E-state index contributed by atoms with van der Waals surface area (Å²) in [5.41, 5.74) is 0.529. The van der Waals surface area contributed by atoms with E-state index < -0.39 is 6.61 Å². The molecule has 10 heteroatoms. The highest BCUT2D eigenvalue weighted by Gasteiger charge is 2.16. The van der Waals surface area contributed by atoms with E-state index in [2.05, 4.69) is 30.6 Å². The molecule has 0 bridgehead atoms. The average Bonchev–Trinajstić information content (AvgIpc) is 3.11. The molecule has 0 aliphatic carbocycles. The second-order valence-electron chi connectivity index (χ2n) is 5.37. The van der Waals surface area contributed by atoms with Crippen molar-refractivity contribution in [1.82, 2.24) is 25.4 Å². The Morgan fingerprint density at radius 2 is 2.04 bits per heavy atom. The smallest absolute Gasteiger partial charge is 0.387 e. The normalized spacial score (nSPS) is 11.6. The number of ether oxygens (including phenoxy) is 2. The lowest BCUT2D eigenvalue weighted by Crippen LogP contribution is -2.37. The minimum Gasteiger partial charge on any atom is -0.490 e. The van der Waals surface area contributed by atoms with Gasteiger partial charge in [0, 0.05) is 25.7 Å². The van der Waals surface area contributed by atoms with Crippen molar-refractivity contribution >= 4 is 5.96 Å². The van der Waals surface area contributed by atoms with Crippen molar-refractivity contribution in [2.24, 2.45) is 4.99 Å². The summed E-state index contributed by atoms with van der Waals surface area (Å²) in [5.74, 6) is 1.55. The predicted octanol–water partition coefficient (Wildman–Crippen LogP) is 2.16. The Bertz CT molecular complexity index is 751. The lowest BCUT2D eigenvalue weighted by Gasteiger charge is -2.17. The van der Waals surface area contributed by atoms with Crippen molar-refractivity contribution in [1.29, 1.82) is 0 Å². The van der Waals surface area contributed by atoms with Gasteiger partial charge in [0.05, 0.1) is 13.2 Å². The summed E-state index contributed by atoms with van der Waals surface area (Å²) in [6.45, 7) is 2.58. The number of guanidine groups is 1. The van der Waals surface area contributed by atoms with Gasteiger partial charge in [0.1, 0.15) is 6.33 Å². The van der Waals surface area contributed by atoms with E-state index >= 15 is 0 Å². The standard InChI is InChI=1S/C17H24F2N6O2/c1-4-25-11-23-24-14(25)10-22-17(20-3)21-9-12-7-6-8-13(26-5-2)15(12)27-16(18)19/h6-8,11,16H,4-5,9-10H2,1-3H3,(H2,20,21,22). The number of rotatable bonds is 9. The number of halogens is 2. The van der Waals surface area contributed by atoms with E-state index in [0.29, 0.717) is 24.7 Å². The van der Waals surface area contributed by atoms with Crippen molar-refractivity contribution in [3.63, 3.8) is 0 Å². The van der Waals surface area contributed by atoms with Crippen LogP contribution >= 0.6 is 0 Å². The van der Waals surface area contributed by atoms with Gasteiger partial charge in [0.25, 0.3) is 0 Å². The fraction of sp³-hybridized carbons (Fsp3) is 0.471. The molecule has 2 aromatic rings. The van der Waals surface area contributed by atoms with Gasteiger partial charge in [0.2, 0.25) is 0 Å². The van der Waals surface area contributed by atoms with Gasteiger partial charge in [0.15, 0.2) is 23.3 Å². The Kier molecular flexibility index (Phi) is 7.78. The molecule has 0 spiro atoms. The summed E-state index contributed by atoms with van der Waals surface area (Å²) in [4.78, 5) is 4.12. The number of alkyl halides is 2. The van der Waals surface area contributed by atoms with E-state index in [1.807, 2.05) is 11.5 Å². The van der Waals surface area contributed by atoms with Crippen molar-refractivity contribution in [3.05, 3.63) is 35.9 Å². The monoisotopic (exact) mass is 382 g/mol. The van der Waals surface area contributed by atoms with Gasteiger partial charge in [-0.15, -0.1) is 10.2 Å². The van der Waals surface area contributed by atoms with E-state index in [9.17, 15) is 8.78 Å². The molecule has 0 amide bonds. The Morgan fingerprint density at radius 3 is 2.70 bits per heavy atom. The zero-order valence-electron chi connectivity index (χ0n) is 15.6. The number of aryl methyl sites for hydroxylation is 1. The van der Waals surface area contributed by atoms with E-state index in [0.717, 1.165) is 12.4 Å². The third-order valence-corrected chi connectivity index (χ3v) is 3.69. The number of aliphatic imine (C=N–C) groups is 1. The number of benzene rings is 1. The minimum absolute atomic E-state index is 0.0167. The van der Waals surface area contributed by atoms with Crippen LogP contribution < -0.4 is 20.1 Å². The first kappa shape index (κ1) is 20.4. The maximum Gasteiger partial charge on any atom is 0.387 e. The van der Waals surface area contributed by atoms with E-state index in [-0.39, 0.29) is 18.0 Å². The maximum atomic E-state index is 12.8. The SMILES string of the molecule is CCOc1cccc(CNC(=NC)NCc2nncn2CC)c1OC(F)F. The summed E-state index contributed by atoms with van der Waals surface area (Å²) < 4.78 is 37.5. The topological polar surface area (TPSA) is 85.6 Å². The number of nitrogens with zero attached hydrogens (tertiary/aromatic N) is 4. The molecule has 2 rings (SSSR count). The summed E-state index contributed by atoms with van der Waals surface area (Å²) in [6, 6.07) is 5.00. The highest BCUT2D eigenvalue weighted by Crippen LogP contribution is 2.32. The lowest BCUT2D eigenvalue weighted by molar-refractivity contribution is -0.0520. The molecule has 8 nitrogen and oxygen atoms in total. The van der Waals surface area contributed by atoms with Crippen LogP contribution in [0.3, 0.4) is 0 Å². The van der Waals surface area contributed by atoms with Gasteiger partial charge in [-0.2, -0.15) is 8.78 Å². The van der Waals surface area contributed by atoms with Gasteiger partial charge >= 0.3 is 6.61 Å². The molecule has 0 atom stereocenters. The molecule has 0 saturated carbocycles. The fourth-order valence-corrected chi connectivity index (χ4v) is 2.43. The molecule has 1 heterocycles. The van der Waals surface area contributed by atoms with Crippen molar-refractivity contribution in [3.8, 4) is 11.5 Å². The Balaban J connectivity index is 2.04. The third-order valence-electron chi connectivity index (χ3n) is 3.69. The molecule has 148 valence electrons. The zero-order valence-corrected chi connectivity index (χ0v) is 15.6. The van der Waals surface area contributed by atoms with Crippen molar-refractivity contribution < 1.29 is 18.3 Å². The first-order chi connectivity index (χ1) is 13.1. The van der Waals surface area contributed by atoms with Gasteiger partial charge < -0.3 is 24.7 Å². The van der Waals surface area contributed by atoms with Crippen LogP contribution in [0.2, 0.25) is 0 Å². The van der Waals surface area contributed by atoms with Crippen LogP contribution in [0, 0.1) is 0 Å². The highest BCUT2D eigenvalue weighted by molar-refractivity contribution is 5.79. The molecular weight excluding hydrogens is 358 g/mol. The number of aromatic nitrogens is 3. The number of hydrogen-bond donors (Lipinski definition) is 2. The molecule has 0 aliphatic heterocycles. The van der Waals surface area contributed by atoms with Gasteiger partial charge in [-0.05, 0) is 19.9 Å². The van der Waals surface area contributed by atoms with Crippen LogP contribution in [0.15, 0.2) is 29.5 Å². The molecule has 27 heavy (non-hydrogen) atoms. The fourth-order valence-electron chi connectivity index (χ4n) is 2.43. The van der Waals surface area contributed by atoms with E-state index in [1.165, 1.54) is 0 Å². The lowest BCUT2D eigenvalue weighted by atomic mass is 10.2. The quantitative estimate of drug-likeness (QED) is 0.511. The third kappa shape index (κ3) is 5.80. The zero-order chi connectivity index (χ0) is 19.6. The Hall–Kier alpha value is -2.91. The summed E-state index contributed by atoms with van der Waals surface area (Å²) in [6.07, 6.45) is 1.65. The molecule has 0 unspecified atom stereocenters. The van der Waals surface area contributed by atoms with Crippen LogP contribution in [0.25, 0.3) is 0 Å². The molecule has 1 aromatic heterocycles. The van der Waals surface area contributed by atoms with Gasteiger partial charge in [-0.25, -0.2) is 0 Å². The number of nitrogens with one attached hydrogen (secondary N) is 2. The van der Waals surface area contributed by atoms with Crippen LogP contribution in [0.1, 0.15) is 25.2 Å². The van der Waals surface area contributed by atoms with E-state index in [4.69, 9.17) is 4.74 Å². The van der Waals surface area contributed by atoms with Gasteiger partial charge in [-0.3, -0.25) is 4.99 Å². The highest BCUT2D eigenvalue weighted by atomic mass is 19.3. The minimum atomic E-state index is -2.94. The predicted molar refractivity (Wildman–Crippen MR) is 97.0 cm³/mol. The van der Waals surface area contributed by atoms with Crippen LogP contribution in [0.4, 0.5) is 8.78 Å². The Labute approximate surface area is 156 Å². The van der Waals surface area contributed by atoms with Crippen molar-refractivity contribution in [2.75, 3.05) is 13.7 Å². The summed E-state index contributed by atoms with van der Waals surface area (Å²) >= 11 is 0. The average molecular weight is 382 g/mol. The molecule has 0 fully saturated rings. The second-order valence-corrected chi connectivity index (χ2v) is 5.37. The number of para-hydroxylation sites is 1. The molecule has 1 aromatic carbocycles. The molecule has 0 aliphatic rings. The first-order valence-corrected chi connectivity index (χ1v) is 8.59. The van der Waals surface area contributed by atoms with Crippen molar-refractivity contribution in [2.45, 2.75) is 40.1 Å². The molecule has 0 saturated heterocycles. The maximum absolute atomic E-state index is 12.8. The largest absolute Gasteiger partial charge is 0.490 e. The summed E-state index contributed by atoms with van der Waals surface area (Å²) in [7, 11) is 1.62. The van der Waals surface area contributed by atoms with Gasteiger partial charge in [-0.1, -0.05) is 12.1 Å². The first-order valence-electron chi connectivity index (χ1n) is 8.59. The molecular formula is C17H24F2N6O2. The summed E-state index contributed by atoms with van der Waals surface area (Å²) in [5, 5.41) is 14.1. The number of hydrogen-bond acceptors (Lipinski definition) is 5. The Morgan fingerprint density at radius 1 is 1.26 bits per heavy atom. The van der Waals surface area contributed by atoms with Crippen LogP contribution in [-0.4, -0.2) is 41.0 Å². The second kappa shape index (κ2) is 10.3. The van der Waals surface area contributed by atoms with Crippen LogP contribution in [-0.2, 0) is 19.6 Å².